The lowest BCUT2D eigenvalue weighted by Crippen LogP contribution is -2.15. The Morgan fingerprint density at radius 1 is 0.667 bits per heavy atom. The van der Waals surface area contributed by atoms with Crippen LogP contribution in [0.1, 0.15) is 46.4 Å². The second-order valence-electron chi connectivity index (χ2n) is 7.58. The molecule has 4 aromatic rings. The van der Waals surface area contributed by atoms with E-state index in [-0.39, 0.29) is 45.8 Å². The summed E-state index contributed by atoms with van der Waals surface area (Å²) in [5.41, 5.74) is 1.29. The molecule has 0 bridgehead atoms. The third-order valence-corrected chi connectivity index (χ3v) is 8.74. The summed E-state index contributed by atoms with van der Waals surface area (Å²) in [6.07, 6.45) is 1.09. The van der Waals surface area contributed by atoms with Gasteiger partial charge in [-0.05, 0) is 35.7 Å². The standard InChI is InChI=1S/C24H20N2O6S4/c27-17(25-21-19(23(29)30)13(11-35-21)15-5-3-9-33-15)7-1-2-8-18(28)26-22-20(24(31)32)14(12-36-22)16-6-4-10-34-16/h3-6,9-12H,1-2,7-8H2,(H,25,27)(H,26,28)(H,29,30)(H,31,32). The lowest BCUT2D eigenvalue weighted by molar-refractivity contribution is -0.118. The minimum atomic E-state index is -1.11. The number of carbonyl (C=O) groups is 4. The van der Waals surface area contributed by atoms with Gasteiger partial charge in [-0.25, -0.2) is 9.59 Å². The largest absolute Gasteiger partial charge is 0.478 e. The van der Waals surface area contributed by atoms with Gasteiger partial charge in [0.15, 0.2) is 0 Å². The number of anilines is 2. The van der Waals surface area contributed by atoms with Gasteiger partial charge in [-0.3, -0.25) is 9.59 Å². The molecule has 0 atom stereocenters. The monoisotopic (exact) mass is 560 g/mol. The van der Waals surface area contributed by atoms with Crippen LogP contribution in [0.25, 0.3) is 20.9 Å². The first-order valence-corrected chi connectivity index (χ1v) is 14.2. The van der Waals surface area contributed by atoms with Crippen molar-refractivity contribution in [1.82, 2.24) is 0 Å². The first kappa shape index (κ1) is 25.8. The summed E-state index contributed by atoms with van der Waals surface area (Å²) in [7, 11) is 0. The molecule has 0 aliphatic rings. The van der Waals surface area contributed by atoms with E-state index >= 15 is 0 Å². The van der Waals surface area contributed by atoms with Gasteiger partial charge < -0.3 is 20.8 Å². The molecular formula is C24H20N2O6S4. The number of carboxylic acids is 2. The van der Waals surface area contributed by atoms with Gasteiger partial charge in [-0.2, -0.15) is 0 Å². The van der Waals surface area contributed by atoms with E-state index in [9.17, 15) is 29.4 Å². The molecule has 0 fully saturated rings. The van der Waals surface area contributed by atoms with E-state index in [0.29, 0.717) is 24.0 Å². The van der Waals surface area contributed by atoms with Crippen molar-refractivity contribution in [2.45, 2.75) is 25.7 Å². The SMILES string of the molecule is O=C(CCCCC(=O)Nc1scc(-c2cccs2)c1C(=O)O)Nc1scc(-c2cccs2)c1C(=O)O. The Bertz CT molecular complexity index is 1280. The van der Waals surface area contributed by atoms with Gasteiger partial charge in [0.05, 0.1) is 0 Å². The lowest BCUT2D eigenvalue weighted by atomic mass is 10.1. The molecule has 186 valence electrons. The first-order chi connectivity index (χ1) is 17.3. The molecule has 4 rings (SSSR count). The highest BCUT2D eigenvalue weighted by Crippen LogP contribution is 2.39. The van der Waals surface area contributed by atoms with Crippen molar-refractivity contribution in [3.05, 3.63) is 56.9 Å². The van der Waals surface area contributed by atoms with E-state index in [1.165, 1.54) is 22.7 Å². The van der Waals surface area contributed by atoms with Crippen LogP contribution in [0.15, 0.2) is 45.8 Å². The fourth-order valence-corrected chi connectivity index (χ4v) is 7.08. The van der Waals surface area contributed by atoms with Crippen molar-refractivity contribution in [3.8, 4) is 20.9 Å². The van der Waals surface area contributed by atoms with Crippen LogP contribution in [0, 0.1) is 0 Å². The Morgan fingerprint density at radius 2 is 1.08 bits per heavy atom. The number of nitrogens with one attached hydrogen (secondary N) is 2. The van der Waals surface area contributed by atoms with Gasteiger partial charge in [0.2, 0.25) is 11.8 Å². The second kappa shape index (κ2) is 11.6. The van der Waals surface area contributed by atoms with Gasteiger partial charge >= 0.3 is 11.9 Å². The van der Waals surface area contributed by atoms with Crippen LogP contribution in [0.3, 0.4) is 0 Å². The van der Waals surface area contributed by atoms with Gasteiger partial charge in [-0.1, -0.05) is 12.1 Å². The number of hydrogen-bond donors (Lipinski definition) is 4. The van der Waals surface area contributed by atoms with E-state index in [1.54, 1.807) is 10.8 Å². The van der Waals surface area contributed by atoms with Crippen LogP contribution in [-0.2, 0) is 9.59 Å². The molecule has 4 heterocycles. The highest BCUT2D eigenvalue weighted by Gasteiger charge is 2.23. The topological polar surface area (TPSA) is 133 Å². The number of carboxylic acid groups (broad SMARTS) is 2. The molecule has 0 radical (unpaired) electrons. The third kappa shape index (κ3) is 5.90. The number of thiophene rings is 4. The van der Waals surface area contributed by atoms with E-state index in [4.69, 9.17) is 0 Å². The summed E-state index contributed by atoms with van der Waals surface area (Å²) in [5, 5.41) is 32.3. The smallest absolute Gasteiger partial charge is 0.339 e. The summed E-state index contributed by atoms with van der Waals surface area (Å²) in [6.45, 7) is 0. The quantitative estimate of drug-likeness (QED) is 0.149. The Balaban J connectivity index is 1.28. The zero-order chi connectivity index (χ0) is 25.7. The van der Waals surface area contributed by atoms with Crippen molar-refractivity contribution in [3.63, 3.8) is 0 Å². The molecule has 0 aliphatic heterocycles. The molecule has 0 saturated carbocycles. The minimum absolute atomic E-state index is 0.0716. The zero-order valence-corrected chi connectivity index (χ0v) is 21.9. The predicted molar refractivity (Wildman–Crippen MR) is 145 cm³/mol. The molecule has 4 aromatic heterocycles. The average molecular weight is 561 g/mol. The average Bonchev–Trinajstić information content (AvgIpc) is 3.62. The summed E-state index contributed by atoms with van der Waals surface area (Å²) in [4.78, 5) is 50.0. The number of unbranched alkanes of at least 4 members (excludes halogenated alkanes) is 1. The van der Waals surface area contributed by atoms with Crippen LogP contribution in [-0.4, -0.2) is 34.0 Å². The second-order valence-corrected chi connectivity index (χ2v) is 11.2. The minimum Gasteiger partial charge on any atom is -0.478 e. The molecule has 4 N–H and O–H groups in total. The van der Waals surface area contributed by atoms with Crippen LogP contribution in [0.2, 0.25) is 0 Å². The number of rotatable bonds is 11. The maximum atomic E-state index is 12.4. The van der Waals surface area contributed by atoms with Crippen molar-refractivity contribution in [2.75, 3.05) is 10.6 Å². The number of carbonyl (C=O) groups excluding carboxylic acids is 2. The van der Waals surface area contributed by atoms with Gasteiger partial charge in [0.1, 0.15) is 21.1 Å². The molecule has 2 amide bonds. The first-order valence-electron chi connectivity index (χ1n) is 10.7. The lowest BCUT2D eigenvalue weighted by Gasteiger charge is -2.07. The van der Waals surface area contributed by atoms with Crippen LogP contribution in [0.4, 0.5) is 10.0 Å². The van der Waals surface area contributed by atoms with E-state index in [2.05, 4.69) is 10.6 Å². The van der Waals surface area contributed by atoms with Gasteiger partial charge in [0.25, 0.3) is 0 Å². The maximum Gasteiger partial charge on any atom is 0.339 e. The van der Waals surface area contributed by atoms with Crippen LogP contribution in [0.5, 0.6) is 0 Å². The number of aromatic carboxylic acids is 2. The van der Waals surface area contributed by atoms with Crippen molar-refractivity contribution in [2.24, 2.45) is 0 Å². The van der Waals surface area contributed by atoms with E-state index in [0.717, 1.165) is 32.4 Å². The Labute approximate surface area is 221 Å². The maximum absolute atomic E-state index is 12.4. The third-order valence-electron chi connectivity index (χ3n) is 5.15. The van der Waals surface area contributed by atoms with Crippen molar-refractivity contribution in [1.29, 1.82) is 0 Å². The van der Waals surface area contributed by atoms with E-state index < -0.39 is 11.9 Å². The Morgan fingerprint density at radius 3 is 1.42 bits per heavy atom. The highest BCUT2D eigenvalue weighted by atomic mass is 32.1. The molecular weight excluding hydrogens is 541 g/mol. The zero-order valence-electron chi connectivity index (χ0n) is 18.6. The molecule has 0 saturated heterocycles. The molecule has 0 aliphatic carbocycles. The highest BCUT2D eigenvalue weighted by molar-refractivity contribution is 7.17. The molecule has 12 heteroatoms. The summed E-state index contributed by atoms with van der Waals surface area (Å²) in [6, 6.07) is 7.32. The van der Waals surface area contributed by atoms with Crippen molar-refractivity contribution >= 4 is 79.1 Å². The summed E-state index contributed by atoms with van der Waals surface area (Å²) < 4.78 is 0. The fourth-order valence-electron chi connectivity index (χ4n) is 3.50. The van der Waals surface area contributed by atoms with E-state index in [1.807, 2.05) is 35.0 Å². The summed E-state index contributed by atoms with van der Waals surface area (Å²) in [5.74, 6) is -2.87. The Kier molecular flexibility index (Phi) is 8.31. The molecule has 0 spiro atoms. The van der Waals surface area contributed by atoms with Gasteiger partial charge in [-0.15, -0.1) is 45.3 Å². The normalized spacial score (nSPS) is 10.8. The predicted octanol–water partition coefficient (Wildman–Crippen LogP) is 6.80. The molecule has 8 nitrogen and oxygen atoms in total. The van der Waals surface area contributed by atoms with Crippen LogP contribution >= 0.6 is 45.3 Å². The fraction of sp³-hybridized carbons (Fsp3) is 0.167. The van der Waals surface area contributed by atoms with Crippen LogP contribution < -0.4 is 10.6 Å². The van der Waals surface area contributed by atoms with Crippen molar-refractivity contribution < 1.29 is 29.4 Å². The molecule has 36 heavy (non-hydrogen) atoms. The molecule has 0 unspecified atom stereocenters. The number of hydrogen-bond acceptors (Lipinski definition) is 8. The van der Waals surface area contributed by atoms with Gasteiger partial charge in [0, 0.05) is 44.5 Å². The molecule has 0 aromatic carbocycles. The number of amides is 2. The Hall–Kier alpha value is -3.32. The summed E-state index contributed by atoms with van der Waals surface area (Å²) >= 11 is 5.18.